The maximum atomic E-state index is 12.6. The lowest BCUT2D eigenvalue weighted by Crippen LogP contribution is -2.39. The molecule has 2 aromatic rings. The van der Waals surface area contributed by atoms with E-state index < -0.39 is 6.10 Å². The fourth-order valence-electron chi connectivity index (χ4n) is 2.59. The van der Waals surface area contributed by atoms with Gasteiger partial charge >= 0.3 is 0 Å². The number of carbonyl (C=O) groups is 1. The number of carbonyl (C=O) groups excluding carboxylic acids is 1. The number of ether oxygens (including phenoxy) is 2. The van der Waals surface area contributed by atoms with Crippen molar-refractivity contribution in [3.05, 3.63) is 59.2 Å². The van der Waals surface area contributed by atoms with Gasteiger partial charge in [0, 0.05) is 0 Å². The molecule has 0 heterocycles. The molecule has 0 saturated heterocycles. The number of hydrogen-bond donors (Lipinski definition) is 1. The molecular weight excluding hydrogens is 314 g/mol. The topological polar surface area (TPSA) is 47.6 Å². The summed E-state index contributed by atoms with van der Waals surface area (Å²) in [6.45, 7) is 7.91. The Hall–Kier alpha value is -2.49. The highest BCUT2D eigenvalue weighted by atomic mass is 16.5. The number of hydrogen-bond acceptors (Lipinski definition) is 3. The molecule has 0 aliphatic rings. The van der Waals surface area contributed by atoms with E-state index in [1.807, 2.05) is 70.2 Å². The van der Waals surface area contributed by atoms with Crippen LogP contribution in [0.5, 0.6) is 11.5 Å². The summed E-state index contributed by atoms with van der Waals surface area (Å²) in [4.78, 5) is 12.6. The second kappa shape index (κ2) is 8.56. The zero-order valence-electron chi connectivity index (χ0n) is 15.6. The summed E-state index contributed by atoms with van der Waals surface area (Å²) in [5.74, 6) is 1.46. The van der Waals surface area contributed by atoms with Crippen molar-refractivity contribution in [3.8, 4) is 11.5 Å². The van der Waals surface area contributed by atoms with Crippen LogP contribution in [0.2, 0.25) is 0 Å². The number of rotatable bonds is 7. The van der Waals surface area contributed by atoms with Crippen LogP contribution in [0.15, 0.2) is 42.5 Å². The second-order valence-corrected chi connectivity index (χ2v) is 6.29. The lowest BCUT2D eigenvalue weighted by molar-refractivity contribution is -0.128. The molecule has 4 nitrogen and oxygen atoms in total. The van der Waals surface area contributed by atoms with Gasteiger partial charge in [0.1, 0.15) is 11.5 Å². The molecule has 2 rings (SSSR count). The zero-order valence-corrected chi connectivity index (χ0v) is 15.6. The third-order valence-corrected chi connectivity index (χ3v) is 4.25. The van der Waals surface area contributed by atoms with Crippen LogP contribution in [0.25, 0.3) is 0 Å². The molecule has 0 radical (unpaired) electrons. The standard InChI is InChI=1S/C21H27NO3/c1-6-19(25-20-13-14(2)7-8-15(20)3)21(23)22-16(4)17-9-11-18(24-5)12-10-17/h7-13,16,19H,6H2,1-5H3,(H,22,23)/t16-,19+/m0/s1. The van der Waals surface area contributed by atoms with E-state index in [1.165, 1.54) is 0 Å². The minimum Gasteiger partial charge on any atom is -0.497 e. The normalized spacial score (nSPS) is 13.0. The molecule has 0 unspecified atom stereocenters. The number of amides is 1. The molecule has 4 heteroatoms. The van der Waals surface area contributed by atoms with Crippen LogP contribution >= 0.6 is 0 Å². The Balaban J connectivity index is 2.04. The fourth-order valence-corrected chi connectivity index (χ4v) is 2.59. The molecule has 0 saturated carbocycles. The summed E-state index contributed by atoms with van der Waals surface area (Å²) < 4.78 is 11.1. The first-order valence-electron chi connectivity index (χ1n) is 8.62. The minimum atomic E-state index is -0.513. The number of aryl methyl sites for hydroxylation is 2. The average molecular weight is 341 g/mol. The molecule has 1 N–H and O–H groups in total. The molecule has 25 heavy (non-hydrogen) atoms. The van der Waals surface area contributed by atoms with Crippen LogP contribution in [-0.4, -0.2) is 19.1 Å². The van der Waals surface area contributed by atoms with Crippen LogP contribution < -0.4 is 14.8 Å². The van der Waals surface area contributed by atoms with E-state index >= 15 is 0 Å². The summed E-state index contributed by atoms with van der Waals surface area (Å²) >= 11 is 0. The SMILES string of the molecule is CC[C@@H](Oc1cc(C)ccc1C)C(=O)N[C@@H](C)c1ccc(OC)cc1. The van der Waals surface area contributed by atoms with Gasteiger partial charge in [-0.05, 0) is 62.1 Å². The van der Waals surface area contributed by atoms with E-state index in [0.717, 1.165) is 28.2 Å². The molecule has 0 aliphatic heterocycles. The second-order valence-electron chi connectivity index (χ2n) is 6.29. The van der Waals surface area contributed by atoms with Gasteiger partial charge in [-0.3, -0.25) is 4.79 Å². The van der Waals surface area contributed by atoms with Crippen molar-refractivity contribution in [2.45, 2.75) is 46.3 Å². The van der Waals surface area contributed by atoms with E-state index in [9.17, 15) is 4.79 Å². The van der Waals surface area contributed by atoms with Gasteiger partial charge in [0.2, 0.25) is 0 Å². The molecule has 2 atom stereocenters. The number of nitrogens with one attached hydrogen (secondary N) is 1. The number of methoxy groups -OCH3 is 1. The van der Waals surface area contributed by atoms with Crippen molar-refractivity contribution < 1.29 is 14.3 Å². The highest BCUT2D eigenvalue weighted by Crippen LogP contribution is 2.22. The highest BCUT2D eigenvalue weighted by molar-refractivity contribution is 5.81. The summed E-state index contributed by atoms with van der Waals surface area (Å²) in [6, 6.07) is 13.6. The predicted molar refractivity (Wildman–Crippen MR) is 100 cm³/mol. The predicted octanol–water partition coefficient (Wildman–Crippen LogP) is 4.35. The van der Waals surface area contributed by atoms with Crippen LogP contribution in [-0.2, 0) is 4.79 Å². The zero-order chi connectivity index (χ0) is 18.4. The smallest absolute Gasteiger partial charge is 0.261 e. The van der Waals surface area contributed by atoms with Gasteiger partial charge < -0.3 is 14.8 Å². The van der Waals surface area contributed by atoms with Gasteiger partial charge in [0.05, 0.1) is 13.2 Å². The Morgan fingerprint density at radius 2 is 1.80 bits per heavy atom. The van der Waals surface area contributed by atoms with Crippen LogP contribution in [0, 0.1) is 13.8 Å². The van der Waals surface area contributed by atoms with Crippen LogP contribution in [0.3, 0.4) is 0 Å². The molecular formula is C21H27NO3. The minimum absolute atomic E-state index is 0.102. The molecule has 134 valence electrons. The third kappa shape index (κ3) is 4.99. The van der Waals surface area contributed by atoms with Gasteiger partial charge in [-0.1, -0.05) is 31.2 Å². The first-order valence-corrected chi connectivity index (χ1v) is 8.62. The lowest BCUT2D eigenvalue weighted by atomic mass is 10.1. The molecule has 0 aromatic heterocycles. The van der Waals surface area contributed by atoms with Crippen molar-refractivity contribution in [1.82, 2.24) is 5.32 Å². The lowest BCUT2D eigenvalue weighted by Gasteiger charge is -2.22. The largest absolute Gasteiger partial charge is 0.497 e. The Morgan fingerprint density at radius 3 is 2.40 bits per heavy atom. The van der Waals surface area contributed by atoms with Crippen LogP contribution in [0.1, 0.15) is 43.0 Å². The average Bonchev–Trinajstić information content (AvgIpc) is 2.62. The van der Waals surface area contributed by atoms with Gasteiger partial charge in [-0.25, -0.2) is 0 Å². The van der Waals surface area contributed by atoms with Crippen LogP contribution in [0.4, 0.5) is 0 Å². The summed E-state index contributed by atoms with van der Waals surface area (Å²) in [5, 5.41) is 3.03. The molecule has 0 fully saturated rings. The third-order valence-electron chi connectivity index (χ3n) is 4.25. The van der Waals surface area contributed by atoms with E-state index in [4.69, 9.17) is 9.47 Å². The first kappa shape index (κ1) is 18.8. The summed E-state index contributed by atoms with van der Waals surface area (Å²) in [5.41, 5.74) is 3.17. The molecule has 0 spiro atoms. The molecule has 1 amide bonds. The Kier molecular flexibility index (Phi) is 6.45. The van der Waals surface area contributed by atoms with Crippen molar-refractivity contribution in [1.29, 1.82) is 0 Å². The Morgan fingerprint density at radius 1 is 1.12 bits per heavy atom. The van der Waals surface area contributed by atoms with Gasteiger partial charge in [-0.15, -0.1) is 0 Å². The highest BCUT2D eigenvalue weighted by Gasteiger charge is 2.21. The van der Waals surface area contributed by atoms with Crippen molar-refractivity contribution in [3.63, 3.8) is 0 Å². The fraction of sp³-hybridized carbons (Fsp3) is 0.381. The van der Waals surface area contributed by atoms with Crippen molar-refractivity contribution in [2.75, 3.05) is 7.11 Å². The monoisotopic (exact) mass is 341 g/mol. The van der Waals surface area contributed by atoms with E-state index in [1.54, 1.807) is 7.11 Å². The molecule has 2 aromatic carbocycles. The Bertz CT molecular complexity index is 710. The number of benzene rings is 2. The maximum absolute atomic E-state index is 12.6. The summed E-state index contributed by atoms with van der Waals surface area (Å²) in [7, 11) is 1.64. The van der Waals surface area contributed by atoms with Gasteiger partial charge in [0.25, 0.3) is 5.91 Å². The van der Waals surface area contributed by atoms with E-state index in [2.05, 4.69) is 5.32 Å². The van der Waals surface area contributed by atoms with Gasteiger partial charge in [-0.2, -0.15) is 0 Å². The maximum Gasteiger partial charge on any atom is 0.261 e. The quantitative estimate of drug-likeness (QED) is 0.814. The molecule has 0 aliphatic carbocycles. The Labute approximate surface area is 150 Å². The van der Waals surface area contributed by atoms with E-state index in [-0.39, 0.29) is 11.9 Å². The van der Waals surface area contributed by atoms with Gasteiger partial charge in [0.15, 0.2) is 6.10 Å². The first-order chi connectivity index (χ1) is 11.9. The summed E-state index contributed by atoms with van der Waals surface area (Å²) in [6.07, 6.45) is 0.0929. The van der Waals surface area contributed by atoms with E-state index in [0.29, 0.717) is 6.42 Å². The van der Waals surface area contributed by atoms with Crippen molar-refractivity contribution >= 4 is 5.91 Å². The van der Waals surface area contributed by atoms with Crippen molar-refractivity contribution in [2.24, 2.45) is 0 Å². The molecule has 0 bridgehead atoms.